The SMILES string of the molecule is N#Cc1c(Cl)[nH+]c(N2CCN(C(=O)c3ccco3)CC2)c(Cl)c1Cl. The number of hydrogen-bond acceptors (Lipinski definition) is 4. The number of halogens is 3. The molecule has 6 nitrogen and oxygen atoms in total. The predicted molar refractivity (Wildman–Crippen MR) is 89.6 cm³/mol. The minimum absolute atomic E-state index is 0.110. The number of aromatic amines is 1. The van der Waals surface area contributed by atoms with E-state index in [0.29, 0.717) is 37.8 Å². The van der Waals surface area contributed by atoms with Crippen LogP contribution in [0, 0.1) is 11.3 Å². The van der Waals surface area contributed by atoms with Crippen molar-refractivity contribution in [3.05, 3.63) is 44.9 Å². The number of amides is 1. The molecule has 1 aliphatic rings. The van der Waals surface area contributed by atoms with Gasteiger partial charge in [0, 0.05) is 0 Å². The smallest absolute Gasteiger partial charge is 0.296 e. The average molecular weight is 387 g/mol. The van der Waals surface area contributed by atoms with E-state index in [9.17, 15) is 4.79 Å². The maximum atomic E-state index is 12.3. The Hall–Kier alpha value is -1.94. The highest BCUT2D eigenvalue weighted by atomic mass is 35.5. The monoisotopic (exact) mass is 385 g/mol. The lowest BCUT2D eigenvalue weighted by Gasteiger charge is -2.30. The number of furan rings is 1. The molecular weight excluding hydrogens is 375 g/mol. The maximum Gasteiger partial charge on any atom is 0.296 e. The van der Waals surface area contributed by atoms with Crippen LogP contribution < -0.4 is 9.88 Å². The summed E-state index contributed by atoms with van der Waals surface area (Å²) in [5, 5.41) is 9.54. The van der Waals surface area contributed by atoms with Gasteiger partial charge in [-0.2, -0.15) is 5.26 Å². The Kier molecular flexibility index (Phi) is 4.86. The van der Waals surface area contributed by atoms with Crippen molar-refractivity contribution in [2.45, 2.75) is 0 Å². The van der Waals surface area contributed by atoms with E-state index in [2.05, 4.69) is 4.98 Å². The zero-order chi connectivity index (χ0) is 17.3. The number of aromatic nitrogens is 1. The summed E-state index contributed by atoms with van der Waals surface area (Å²) in [6.45, 7) is 2.08. The second-order valence-corrected chi connectivity index (χ2v) is 6.29. The lowest BCUT2D eigenvalue weighted by atomic mass is 10.2. The molecular formula is C15H12Cl3N4O2+. The Morgan fingerprint density at radius 2 is 1.92 bits per heavy atom. The normalized spacial score (nSPS) is 14.6. The highest BCUT2D eigenvalue weighted by Gasteiger charge is 2.31. The van der Waals surface area contributed by atoms with Crippen LogP contribution >= 0.6 is 34.8 Å². The molecule has 2 aromatic rings. The van der Waals surface area contributed by atoms with Crippen LogP contribution in [0.15, 0.2) is 22.8 Å². The number of rotatable bonds is 2. The molecule has 0 radical (unpaired) electrons. The van der Waals surface area contributed by atoms with Crippen molar-refractivity contribution in [2.24, 2.45) is 0 Å². The number of pyridine rings is 1. The third kappa shape index (κ3) is 3.03. The Morgan fingerprint density at radius 3 is 2.50 bits per heavy atom. The summed E-state index contributed by atoms with van der Waals surface area (Å²) in [4.78, 5) is 18.8. The van der Waals surface area contributed by atoms with Gasteiger partial charge in [-0.25, -0.2) is 4.98 Å². The van der Waals surface area contributed by atoms with Crippen molar-refractivity contribution < 1.29 is 14.2 Å². The van der Waals surface area contributed by atoms with E-state index in [1.807, 2.05) is 11.0 Å². The molecule has 1 saturated heterocycles. The number of carbonyl (C=O) groups excluding carboxylic acids is 1. The third-order valence-corrected chi connectivity index (χ3v) is 4.92. The summed E-state index contributed by atoms with van der Waals surface area (Å²) >= 11 is 18.4. The number of anilines is 1. The molecule has 24 heavy (non-hydrogen) atoms. The van der Waals surface area contributed by atoms with Gasteiger partial charge in [0.05, 0.1) is 24.4 Å². The number of nitrogens with one attached hydrogen (secondary N) is 1. The number of nitrogens with zero attached hydrogens (tertiary/aromatic N) is 3. The highest BCUT2D eigenvalue weighted by Crippen LogP contribution is 2.34. The van der Waals surface area contributed by atoms with Crippen molar-refractivity contribution in [1.29, 1.82) is 5.26 Å². The first-order valence-corrected chi connectivity index (χ1v) is 8.24. The first-order chi connectivity index (χ1) is 11.5. The van der Waals surface area contributed by atoms with Crippen LogP contribution in [-0.4, -0.2) is 37.0 Å². The molecule has 1 amide bonds. The molecule has 0 bridgehead atoms. The van der Waals surface area contributed by atoms with E-state index in [1.165, 1.54) is 6.26 Å². The number of piperazine rings is 1. The zero-order valence-corrected chi connectivity index (χ0v) is 14.6. The molecule has 0 atom stereocenters. The second-order valence-electron chi connectivity index (χ2n) is 5.16. The van der Waals surface area contributed by atoms with Gasteiger partial charge in [0.2, 0.25) is 5.15 Å². The van der Waals surface area contributed by atoms with Gasteiger partial charge >= 0.3 is 0 Å². The fraction of sp³-hybridized carbons (Fsp3) is 0.267. The summed E-state index contributed by atoms with van der Waals surface area (Å²) in [5.41, 5.74) is 0.110. The minimum atomic E-state index is -0.148. The Bertz CT molecular complexity index is 809. The van der Waals surface area contributed by atoms with Gasteiger partial charge in [0.25, 0.3) is 11.7 Å². The van der Waals surface area contributed by atoms with Crippen molar-refractivity contribution >= 4 is 46.5 Å². The lowest BCUT2D eigenvalue weighted by Crippen LogP contribution is -2.50. The predicted octanol–water partition coefficient (Wildman–Crippen LogP) is 2.89. The fourth-order valence-electron chi connectivity index (χ4n) is 2.54. The van der Waals surface area contributed by atoms with Crippen LogP contribution in [-0.2, 0) is 0 Å². The number of hydrogen-bond donors (Lipinski definition) is 0. The largest absolute Gasteiger partial charge is 0.459 e. The molecule has 2 aromatic heterocycles. The van der Waals surface area contributed by atoms with Gasteiger partial charge in [0.1, 0.15) is 29.7 Å². The van der Waals surface area contributed by atoms with Crippen molar-refractivity contribution in [3.8, 4) is 6.07 Å². The van der Waals surface area contributed by atoms with E-state index in [1.54, 1.807) is 17.0 Å². The molecule has 124 valence electrons. The molecule has 0 saturated carbocycles. The van der Waals surface area contributed by atoms with Crippen LogP contribution in [0.5, 0.6) is 0 Å². The quantitative estimate of drug-likeness (QED) is 0.744. The summed E-state index contributed by atoms with van der Waals surface area (Å²) < 4.78 is 5.14. The molecule has 1 fully saturated rings. The molecule has 0 unspecified atom stereocenters. The van der Waals surface area contributed by atoms with E-state index < -0.39 is 0 Å². The topological polar surface area (TPSA) is 74.6 Å². The maximum absolute atomic E-state index is 12.3. The van der Waals surface area contributed by atoms with Crippen molar-refractivity contribution in [3.63, 3.8) is 0 Å². The Balaban J connectivity index is 1.76. The third-order valence-electron chi connectivity index (χ3n) is 3.79. The molecule has 0 aromatic carbocycles. The van der Waals surface area contributed by atoms with Crippen LogP contribution in [0.3, 0.4) is 0 Å². The first kappa shape index (κ1) is 16.9. The summed E-state index contributed by atoms with van der Waals surface area (Å²) in [5.74, 6) is 0.707. The van der Waals surface area contributed by atoms with Gasteiger partial charge in [0.15, 0.2) is 5.76 Å². The van der Waals surface area contributed by atoms with Crippen molar-refractivity contribution in [2.75, 3.05) is 31.1 Å². The minimum Gasteiger partial charge on any atom is -0.459 e. The van der Waals surface area contributed by atoms with E-state index >= 15 is 0 Å². The standard InChI is InChI=1S/C15H11Cl3N4O2/c16-11-9(8-19)13(18)20-14(12(11)17)21-3-5-22(6-4-21)15(23)10-2-1-7-24-10/h1-2,7H,3-6H2/p+1. The van der Waals surface area contributed by atoms with E-state index in [-0.39, 0.29) is 26.7 Å². The van der Waals surface area contributed by atoms with Crippen molar-refractivity contribution in [1.82, 2.24) is 4.90 Å². The Labute approximate surface area is 153 Å². The van der Waals surface area contributed by atoms with Gasteiger partial charge in [-0.1, -0.05) is 23.2 Å². The van der Waals surface area contributed by atoms with Crippen LogP contribution in [0.1, 0.15) is 16.1 Å². The molecule has 1 N–H and O–H groups in total. The summed E-state index contributed by atoms with van der Waals surface area (Å²) in [7, 11) is 0. The second kappa shape index (κ2) is 6.89. The highest BCUT2D eigenvalue weighted by molar-refractivity contribution is 6.45. The van der Waals surface area contributed by atoms with Crippen LogP contribution in [0.4, 0.5) is 5.82 Å². The van der Waals surface area contributed by atoms with Gasteiger partial charge in [-0.15, -0.1) is 0 Å². The van der Waals surface area contributed by atoms with Gasteiger partial charge in [-0.05, 0) is 23.7 Å². The van der Waals surface area contributed by atoms with Gasteiger partial charge in [-0.3, -0.25) is 9.69 Å². The number of nitriles is 1. The molecule has 3 heterocycles. The number of carbonyl (C=O) groups is 1. The van der Waals surface area contributed by atoms with Gasteiger partial charge < -0.3 is 9.32 Å². The van der Waals surface area contributed by atoms with E-state index in [4.69, 9.17) is 44.5 Å². The first-order valence-electron chi connectivity index (χ1n) is 7.10. The average Bonchev–Trinajstić information content (AvgIpc) is 3.13. The summed E-state index contributed by atoms with van der Waals surface area (Å²) in [6.07, 6.45) is 1.47. The Morgan fingerprint density at radius 1 is 1.21 bits per heavy atom. The van der Waals surface area contributed by atoms with E-state index in [0.717, 1.165) is 0 Å². The molecule has 1 aliphatic heterocycles. The zero-order valence-electron chi connectivity index (χ0n) is 12.4. The fourth-order valence-corrected chi connectivity index (χ4v) is 3.30. The molecule has 3 rings (SSSR count). The molecule has 0 spiro atoms. The van der Waals surface area contributed by atoms with Crippen LogP contribution in [0.2, 0.25) is 15.2 Å². The van der Waals surface area contributed by atoms with Crippen LogP contribution in [0.25, 0.3) is 0 Å². The number of H-pyrrole nitrogens is 1. The lowest BCUT2D eigenvalue weighted by molar-refractivity contribution is -0.361. The molecule has 9 heteroatoms. The summed E-state index contributed by atoms with van der Waals surface area (Å²) in [6, 6.07) is 5.23. The molecule has 0 aliphatic carbocycles.